The molecular weight excluding hydrogens is 234 g/mol. The molecule has 0 radical (unpaired) electrons. The van der Waals surface area contributed by atoms with E-state index in [9.17, 15) is 0 Å². The first kappa shape index (κ1) is 11.1. The normalized spacial score (nSPS) is 17.6. The third kappa shape index (κ3) is 1.94. The van der Waals surface area contributed by atoms with Gasteiger partial charge in [0.05, 0.1) is 5.69 Å². The molecule has 0 saturated heterocycles. The largest absolute Gasteiger partial charge is 0.325 e. The van der Waals surface area contributed by atoms with Gasteiger partial charge in [-0.25, -0.2) is 4.98 Å². The Labute approximate surface area is 106 Å². The minimum Gasteiger partial charge on any atom is -0.325 e. The van der Waals surface area contributed by atoms with Gasteiger partial charge in [0.1, 0.15) is 10.8 Å². The SMILES string of the molecule is Cc1cccc2nc(CCC3(N)CC3)c(Cl)n12. The molecule has 3 rings (SSSR count). The predicted octanol–water partition coefficient (Wildman–Crippen LogP) is 2.72. The van der Waals surface area contributed by atoms with Gasteiger partial charge in [0.25, 0.3) is 0 Å². The third-order valence-corrected chi connectivity index (χ3v) is 3.99. The van der Waals surface area contributed by atoms with Gasteiger partial charge in [-0.05, 0) is 44.7 Å². The summed E-state index contributed by atoms with van der Waals surface area (Å²) in [6.07, 6.45) is 4.13. The van der Waals surface area contributed by atoms with Crippen molar-refractivity contribution >= 4 is 17.2 Å². The molecule has 0 aliphatic heterocycles. The van der Waals surface area contributed by atoms with Crippen LogP contribution in [0.2, 0.25) is 5.15 Å². The number of nitrogens with two attached hydrogens (primary N) is 1. The van der Waals surface area contributed by atoms with Crippen LogP contribution in [0.15, 0.2) is 18.2 Å². The molecule has 1 aliphatic rings. The molecule has 0 bridgehead atoms. The molecule has 2 aromatic rings. The standard InChI is InChI=1S/C13H16ClN3/c1-9-3-2-4-11-16-10(12(14)17(9)11)5-6-13(15)7-8-13/h2-4H,5-8,15H2,1H3. The number of hydrogen-bond acceptors (Lipinski definition) is 2. The van der Waals surface area contributed by atoms with Gasteiger partial charge in [-0.1, -0.05) is 17.7 Å². The van der Waals surface area contributed by atoms with E-state index in [0.29, 0.717) is 0 Å². The Bertz CT molecular complexity index is 569. The second-order valence-corrected chi connectivity index (χ2v) is 5.43. The Balaban J connectivity index is 1.94. The summed E-state index contributed by atoms with van der Waals surface area (Å²) in [4.78, 5) is 4.58. The van der Waals surface area contributed by atoms with E-state index >= 15 is 0 Å². The first-order chi connectivity index (χ1) is 8.09. The highest BCUT2D eigenvalue weighted by atomic mass is 35.5. The van der Waals surface area contributed by atoms with Crippen LogP contribution in [0, 0.1) is 6.92 Å². The summed E-state index contributed by atoms with van der Waals surface area (Å²) in [5.74, 6) is 0. The molecule has 0 aromatic carbocycles. The fraction of sp³-hybridized carbons (Fsp3) is 0.462. The first-order valence-electron chi connectivity index (χ1n) is 6.00. The van der Waals surface area contributed by atoms with E-state index in [2.05, 4.69) is 4.98 Å². The molecule has 0 spiro atoms. The molecule has 0 unspecified atom stereocenters. The fourth-order valence-electron chi connectivity index (χ4n) is 2.20. The quantitative estimate of drug-likeness (QED) is 0.909. The Morgan fingerprint density at radius 1 is 1.47 bits per heavy atom. The van der Waals surface area contributed by atoms with Crippen molar-refractivity contribution in [3.8, 4) is 0 Å². The van der Waals surface area contributed by atoms with Crippen LogP contribution >= 0.6 is 11.6 Å². The van der Waals surface area contributed by atoms with E-state index in [1.54, 1.807) is 0 Å². The number of fused-ring (bicyclic) bond motifs is 1. The number of halogens is 1. The molecule has 2 heterocycles. The predicted molar refractivity (Wildman–Crippen MR) is 69.4 cm³/mol. The zero-order valence-corrected chi connectivity index (χ0v) is 10.7. The first-order valence-corrected chi connectivity index (χ1v) is 6.38. The lowest BCUT2D eigenvalue weighted by atomic mass is 10.1. The van der Waals surface area contributed by atoms with Crippen LogP contribution in [0.25, 0.3) is 5.65 Å². The smallest absolute Gasteiger partial charge is 0.138 e. The molecule has 2 N–H and O–H groups in total. The third-order valence-electron chi connectivity index (χ3n) is 3.60. The van der Waals surface area contributed by atoms with Crippen molar-refractivity contribution in [2.45, 2.75) is 38.1 Å². The summed E-state index contributed by atoms with van der Waals surface area (Å²) in [7, 11) is 0. The lowest BCUT2D eigenvalue weighted by Crippen LogP contribution is -2.22. The average molecular weight is 250 g/mol. The average Bonchev–Trinajstić information content (AvgIpc) is 2.93. The molecule has 3 nitrogen and oxygen atoms in total. The second-order valence-electron chi connectivity index (χ2n) is 5.07. The maximum atomic E-state index is 6.37. The van der Waals surface area contributed by atoms with Crippen molar-refractivity contribution in [2.75, 3.05) is 0 Å². The lowest BCUT2D eigenvalue weighted by molar-refractivity contribution is 0.604. The van der Waals surface area contributed by atoms with Crippen LogP contribution < -0.4 is 5.73 Å². The molecule has 0 amide bonds. The minimum absolute atomic E-state index is 0.0637. The molecule has 17 heavy (non-hydrogen) atoms. The topological polar surface area (TPSA) is 43.3 Å². The van der Waals surface area contributed by atoms with Crippen LogP contribution in [0.3, 0.4) is 0 Å². The molecule has 0 atom stereocenters. The van der Waals surface area contributed by atoms with Gasteiger partial charge in [-0.15, -0.1) is 0 Å². The Morgan fingerprint density at radius 3 is 2.88 bits per heavy atom. The summed E-state index contributed by atoms with van der Waals surface area (Å²) < 4.78 is 1.99. The van der Waals surface area contributed by atoms with E-state index in [0.717, 1.165) is 47.9 Å². The molecule has 90 valence electrons. The van der Waals surface area contributed by atoms with Gasteiger partial charge >= 0.3 is 0 Å². The van der Waals surface area contributed by atoms with Gasteiger partial charge in [-0.3, -0.25) is 4.40 Å². The zero-order chi connectivity index (χ0) is 12.0. The fourth-order valence-corrected chi connectivity index (χ4v) is 2.55. The van der Waals surface area contributed by atoms with Crippen molar-refractivity contribution in [3.05, 3.63) is 34.7 Å². The van der Waals surface area contributed by atoms with E-state index in [-0.39, 0.29) is 5.54 Å². The summed E-state index contributed by atoms with van der Waals surface area (Å²) in [6, 6.07) is 6.02. The number of aromatic nitrogens is 2. The number of rotatable bonds is 3. The highest BCUT2D eigenvalue weighted by Crippen LogP contribution is 2.37. The van der Waals surface area contributed by atoms with Crippen LogP contribution in [0.1, 0.15) is 30.7 Å². The summed E-state index contributed by atoms with van der Waals surface area (Å²) in [6.45, 7) is 2.04. The van der Waals surface area contributed by atoms with E-state index in [1.807, 2.05) is 29.5 Å². The van der Waals surface area contributed by atoms with Gasteiger partial charge in [0.15, 0.2) is 0 Å². The number of imidazole rings is 1. The molecule has 2 aromatic heterocycles. The summed E-state index contributed by atoms with van der Waals surface area (Å²) in [5.41, 5.74) is 9.16. The second kappa shape index (κ2) is 3.72. The molecule has 1 saturated carbocycles. The monoisotopic (exact) mass is 249 g/mol. The number of nitrogens with zero attached hydrogens (tertiary/aromatic N) is 2. The molecular formula is C13H16ClN3. The van der Waals surface area contributed by atoms with Crippen molar-refractivity contribution < 1.29 is 0 Å². The number of aryl methyl sites for hydroxylation is 2. The van der Waals surface area contributed by atoms with Gasteiger partial charge < -0.3 is 5.73 Å². The number of pyridine rings is 1. The van der Waals surface area contributed by atoms with Crippen molar-refractivity contribution in [1.29, 1.82) is 0 Å². The van der Waals surface area contributed by atoms with E-state index in [1.165, 1.54) is 0 Å². The maximum absolute atomic E-state index is 6.37. The highest BCUT2D eigenvalue weighted by molar-refractivity contribution is 6.30. The molecule has 1 fully saturated rings. The molecule has 4 heteroatoms. The van der Waals surface area contributed by atoms with Crippen LogP contribution in [-0.2, 0) is 6.42 Å². The summed E-state index contributed by atoms with van der Waals surface area (Å²) in [5, 5.41) is 0.738. The highest BCUT2D eigenvalue weighted by Gasteiger charge is 2.37. The summed E-state index contributed by atoms with van der Waals surface area (Å²) >= 11 is 6.37. The van der Waals surface area contributed by atoms with Crippen molar-refractivity contribution in [1.82, 2.24) is 9.38 Å². The van der Waals surface area contributed by atoms with Crippen LogP contribution in [0.4, 0.5) is 0 Å². The van der Waals surface area contributed by atoms with Crippen LogP contribution in [0.5, 0.6) is 0 Å². The minimum atomic E-state index is 0.0637. The Morgan fingerprint density at radius 2 is 2.24 bits per heavy atom. The lowest BCUT2D eigenvalue weighted by Gasteiger charge is -2.06. The zero-order valence-electron chi connectivity index (χ0n) is 9.91. The maximum Gasteiger partial charge on any atom is 0.138 e. The van der Waals surface area contributed by atoms with Crippen LogP contribution in [-0.4, -0.2) is 14.9 Å². The van der Waals surface area contributed by atoms with Gasteiger partial charge in [-0.2, -0.15) is 0 Å². The molecule has 1 aliphatic carbocycles. The van der Waals surface area contributed by atoms with Crippen molar-refractivity contribution in [2.24, 2.45) is 5.73 Å². The van der Waals surface area contributed by atoms with Gasteiger partial charge in [0, 0.05) is 11.2 Å². The Kier molecular flexibility index (Phi) is 2.42. The van der Waals surface area contributed by atoms with E-state index < -0.39 is 0 Å². The van der Waals surface area contributed by atoms with Gasteiger partial charge in [0.2, 0.25) is 0 Å². The Hall–Kier alpha value is -1.06. The van der Waals surface area contributed by atoms with E-state index in [4.69, 9.17) is 17.3 Å². The number of hydrogen-bond donors (Lipinski definition) is 1. The van der Waals surface area contributed by atoms with Crippen molar-refractivity contribution in [3.63, 3.8) is 0 Å².